The number of aromatic nitrogens is 2. The lowest BCUT2D eigenvalue weighted by molar-refractivity contribution is 0.0959. The SMILES string of the molecule is CCc1ccc(-c2[nH]ncc2C=NNC(=O)c2sc3cccc(Br)c3c2Cl)cc1. The Morgan fingerprint density at radius 2 is 2.10 bits per heavy atom. The van der Waals surface area contributed by atoms with E-state index >= 15 is 0 Å². The van der Waals surface area contributed by atoms with Gasteiger partial charge in [-0.3, -0.25) is 9.89 Å². The molecule has 0 fully saturated rings. The Hall–Kier alpha value is -2.48. The van der Waals surface area contributed by atoms with E-state index in [1.54, 1.807) is 12.4 Å². The molecule has 4 aromatic rings. The third-order valence-corrected chi connectivity index (χ3v) is 6.81. The Morgan fingerprint density at radius 1 is 1.31 bits per heavy atom. The lowest BCUT2D eigenvalue weighted by Gasteiger charge is -2.02. The summed E-state index contributed by atoms with van der Waals surface area (Å²) in [6.07, 6.45) is 4.23. The van der Waals surface area contributed by atoms with E-state index in [0.29, 0.717) is 9.90 Å². The first-order chi connectivity index (χ1) is 14.1. The van der Waals surface area contributed by atoms with Gasteiger partial charge in [0.25, 0.3) is 5.91 Å². The summed E-state index contributed by atoms with van der Waals surface area (Å²) >= 11 is 11.2. The summed E-state index contributed by atoms with van der Waals surface area (Å²) in [6.45, 7) is 2.12. The number of carbonyl (C=O) groups is 1. The van der Waals surface area contributed by atoms with Gasteiger partial charge < -0.3 is 0 Å². The van der Waals surface area contributed by atoms with Crippen LogP contribution in [0.3, 0.4) is 0 Å². The van der Waals surface area contributed by atoms with E-state index in [1.807, 2.05) is 30.3 Å². The summed E-state index contributed by atoms with van der Waals surface area (Å²) in [5.74, 6) is -0.350. The van der Waals surface area contributed by atoms with E-state index in [-0.39, 0.29) is 5.91 Å². The maximum Gasteiger partial charge on any atom is 0.283 e. The fraction of sp³-hybridized carbons (Fsp3) is 0.0952. The monoisotopic (exact) mass is 486 g/mol. The molecule has 0 saturated heterocycles. The molecule has 29 heavy (non-hydrogen) atoms. The molecule has 0 aliphatic heterocycles. The molecule has 1 amide bonds. The Balaban J connectivity index is 1.53. The molecule has 4 rings (SSSR count). The van der Waals surface area contributed by atoms with E-state index in [1.165, 1.54) is 16.9 Å². The topological polar surface area (TPSA) is 70.1 Å². The maximum absolute atomic E-state index is 12.6. The molecule has 0 bridgehead atoms. The molecule has 2 N–H and O–H groups in total. The van der Waals surface area contributed by atoms with Crippen LogP contribution < -0.4 is 5.43 Å². The van der Waals surface area contributed by atoms with Crippen LogP contribution in [0.1, 0.15) is 27.7 Å². The fourth-order valence-corrected chi connectivity index (χ4v) is 5.24. The van der Waals surface area contributed by atoms with Crippen molar-refractivity contribution in [1.29, 1.82) is 0 Å². The van der Waals surface area contributed by atoms with Crippen molar-refractivity contribution in [1.82, 2.24) is 15.6 Å². The molecule has 0 saturated carbocycles. The lowest BCUT2D eigenvalue weighted by Crippen LogP contribution is -2.16. The predicted octanol–water partition coefficient (Wildman–Crippen LogP) is 6.03. The molecular weight excluding hydrogens is 472 g/mol. The van der Waals surface area contributed by atoms with Crippen molar-refractivity contribution < 1.29 is 4.79 Å². The molecule has 2 heterocycles. The average Bonchev–Trinajstić information content (AvgIpc) is 3.33. The number of fused-ring (bicyclic) bond motifs is 1. The number of halogens is 2. The predicted molar refractivity (Wildman–Crippen MR) is 123 cm³/mol. The van der Waals surface area contributed by atoms with Crippen molar-refractivity contribution >= 4 is 61.1 Å². The summed E-state index contributed by atoms with van der Waals surface area (Å²) in [5, 5.41) is 12.4. The summed E-state index contributed by atoms with van der Waals surface area (Å²) in [6, 6.07) is 14.0. The normalized spacial score (nSPS) is 11.4. The highest BCUT2D eigenvalue weighted by molar-refractivity contribution is 9.10. The second-order valence-corrected chi connectivity index (χ2v) is 8.59. The molecule has 0 aliphatic carbocycles. The first-order valence-electron chi connectivity index (χ1n) is 8.91. The molecule has 0 atom stereocenters. The van der Waals surface area contributed by atoms with Crippen LogP contribution in [0.15, 0.2) is 58.2 Å². The van der Waals surface area contributed by atoms with Crippen LogP contribution in [0.4, 0.5) is 0 Å². The van der Waals surface area contributed by atoms with Crippen LogP contribution >= 0.6 is 38.9 Å². The molecule has 0 aliphatic rings. The van der Waals surface area contributed by atoms with Crippen molar-refractivity contribution in [3.63, 3.8) is 0 Å². The van der Waals surface area contributed by atoms with Gasteiger partial charge in [-0.2, -0.15) is 10.2 Å². The van der Waals surface area contributed by atoms with Crippen LogP contribution in [-0.4, -0.2) is 22.3 Å². The van der Waals surface area contributed by atoms with Crippen molar-refractivity contribution in [2.45, 2.75) is 13.3 Å². The van der Waals surface area contributed by atoms with Crippen molar-refractivity contribution in [3.8, 4) is 11.3 Å². The first-order valence-corrected chi connectivity index (χ1v) is 10.9. The van der Waals surface area contributed by atoms with E-state index in [0.717, 1.165) is 37.8 Å². The Morgan fingerprint density at radius 3 is 2.83 bits per heavy atom. The van der Waals surface area contributed by atoms with Crippen LogP contribution in [0.5, 0.6) is 0 Å². The number of nitrogens with zero attached hydrogens (tertiary/aromatic N) is 2. The third kappa shape index (κ3) is 3.99. The first kappa shape index (κ1) is 19.8. The van der Waals surface area contributed by atoms with Gasteiger partial charge in [-0.25, -0.2) is 5.43 Å². The molecule has 0 unspecified atom stereocenters. The number of rotatable bonds is 5. The zero-order chi connectivity index (χ0) is 20.4. The number of thiophene rings is 1. The smallest absolute Gasteiger partial charge is 0.277 e. The lowest BCUT2D eigenvalue weighted by atomic mass is 10.1. The molecule has 8 heteroatoms. The Bertz CT molecular complexity index is 1210. The zero-order valence-corrected chi connectivity index (χ0v) is 18.5. The molecule has 0 spiro atoms. The van der Waals surface area contributed by atoms with Crippen molar-refractivity contribution in [3.05, 3.63) is 74.2 Å². The van der Waals surface area contributed by atoms with Crippen LogP contribution in [0.25, 0.3) is 21.3 Å². The van der Waals surface area contributed by atoms with E-state index in [9.17, 15) is 4.79 Å². The quantitative estimate of drug-likeness (QED) is 0.266. The van der Waals surface area contributed by atoms with Gasteiger partial charge in [-0.05, 0) is 24.1 Å². The summed E-state index contributed by atoms with van der Waals surface area (Å²) in [4.78, 5) is 13.0. The standard InChI is InChI=1S/C21H16BrClN4OS/c1-2-12-6-8-13(9-7-12)19-14(10-24-26-19)11-25-27-21(28)20-18(23)17-15(22)4-3-5-16(17)29-20/h3-11H,2H2,1H3,(H,24,26)(H,27,28). The largest absolute Gasteiger partial charge is 0.283 e. The van der Waals surface area contributed by atoms with Crippen LogP contribution in [-0.2, 0) is 6.42 Å². The highest BCUT2D eigenvalue weighted by atomic mass is 79.9. The third-order valence-electron chi connectivity index (χ3n) is 4.50. The van der Waals surface area contributed by atoms with E-state index < -0.39 is 0 Å². The maximum atomic E-state index is 12.6. The number of hydrogen-bond donors (Lipinski definition) is 2. The number of nitrogens with one attached hydrogen (secondary N) is 2. The van der Waals surface area contributed by atoms with Gasteiger partial charge in [-0.1, -0.05) is 64.8 Å². The number of aryl methyl sites for hydroxylation is 1. The van der Waals surface area contributed by atoms with Gasteiger partial charge in [0.05, 0.1) is 23.1 Å². The van der Waals surface area contributed by atoms with Crippen molar-refractivity contribution in [2.75, 3.05) is 0 Å². The molecule has 2 aromatic heterocycles. The Labute approximate surface area is 184 Å². The second kappa shape index (κ2) is 8.49. The summed E-state index contributed by atoms with van der Waals surface area (Å²) in [7, 11) is 0. The van der Waals surface area contributed by atoms with Crippen molar-refractivity contribution in [2.24, 2.45) is 5.10 Å². The van der Waals surface area contributed by atoms with Gasteiger partial charge in [0.1, 0.15) is 4.88 Å². The fourth-order valence-electron chi connectivity index (χ4n) is 2.96. The zero-order valence-electron chi connectivity index (χ0n) is 15.4. The number of carbonyl (C=O) groups excluding carboxylic acids is 1. The molecule has 0 radical (unpaired) electrons. The minimum Gasteiger partial charge on any atom is -0.277 e. The summed E-state index contributed by atoms with van der Waals surface area (Å²) < 4.78 is 1.79. The summed E-state index contributed by atoms with van der Waals surface area (Å²) in [5.41, 5.74) is 6.45. The highest BCUT2D eigenvalue weighted by Gasteiger charge is 2.18. The molecular formula is C21H16BrClN4OS. The van der Waals surface area contributed by atoms with Gasteiger partial charge >= 0.3 is 0 Å². The van der Waals surface area contributed by atoms with E-state index in [4.69, 9.17) is 11.6 Å². The van der Waals surface area contributed by atoms with Gasteiger partial charge in [0, 0.05) is 25.7 Å². The van der Waals surface area contributed by atoms with Gasteiger partial charge in [0.2, 0.25) is 0 Å². The average molecular weight is 488 g/mol. The molecule has 2 aromatic carbocycles. The van der Waals surface area contributed by atoms with Gasteiger partial charge in [-0.15, -0.1) is 11.3 Å². The Kier molecular flexibility index (Phi) is 5.80. The second-order valence-electron chi connectivity index (χ2n) is 6.31. The number of benzene rings is 2. The van der Waals surface area contributed by atoms with Crippen LogP contribution in [0.2, 0.25) is 5.02 Å². The minimum atomic E-state index is -0.350. The molecule has 5 nitrogen and oxygen atoms in total. The van der Waals surface area contributed by atoms with Crippen LogP contribution in [0, 0.1) is 0 Å². The molecule has 146 valence electrons. The number of hydrogen-bond acceptors (Lipinski definition) is 4. The number of H-pyrrole nitrogens is 1. The number of aromatic amines is 1. The minimum absolute atomic E-state index is 0.350. The highest BCUT2D eigenvalue weighted by Crippen LogP contribution is 2.39. The van der Waals surface area contributed by atoms with E-state index in [2.05, 4.69) is 55.7 Å². The van der Waals surface area contributed by atoms with Gasteiger partial charge in [0.15, 0.2) is 0 Å². The number of hydrazone groups is 1. The number of amides is 1.